The molecule has 0 aromatic heterocycles. The molecule has 0 spiro atoms. The van der Waals surface area contributed by atoms with Crippen LogP contribution in [0.2, 0.25) is 0 Å². The summed E-state index contributed by atoms with van der Waals surface area (Å²) in [7, 11) is 0. The van der Waals surface area contributed by atoms with Crippen LogP contribution >= 0.6 is 0 Å². The lowest BCUT2D eigenvalue weighted by Gasteiger charge is -2.17. The molecule has 0 bridgehead atoms. The first-order valence-electron chi connectivity index (χ1n) is 8.58. The van der Waals surface area contributed by atoms with Gasteiger partial charge >= 0.3 is 0 Å². The average Bonchev–Trinajstić information content (AvgIpc) is 2.42. The van der Waals surface area contributed by atoms with Crippen molar-refractivity contribution in [3.8, 4) is 0 Å². The fourth-order valence-electron chi connectivity index (χ4n) is 2.48. The maximum atomic E-state index is 9.86. The van der Waals surface area contributed by atoms with Gasteiger partial charge in [0.05, 0.1) is 12.2 Å². The maximum absolute atomic E-state index is 9.86. The molecule has 0 aliphatic heterocycles. The summed E-state index contributed by atoms with van der Waals surface area (Å²) in [6.07, 6.45) is 14.0. The van der Waals surface area contributed by atoms with E-state index in [-0.39, 0.29) is 0 Å². The maximum Gasteiger partial charge on any atom is 0.0799 e. The molecule has 0 rings (SSSR count). The first-order valence-corrected chi connectivity index (χ1v) is 8.58. The Kier molecular flexibility index (Phi) is 14.3. The Hall–Kier alpha value is -0.0800. The third-order valence-electron chi connectivity index (χ3n) is 3.90. The number of unbranched alkanes of at least 4 members (excludes halogenated alkanes) is 9. The Morgan fingerprint density at radius 1 is 0.526 bits per heavy atom. The van der Waals surface area contributed by atoms with Gasteiger partial charge in [-0.3, -0.25) is 0 Å². The van der Waals surface area contributed by atoms with Crippen molar-refractivity contribution < 1.29 is 10.2 Å². The summed E-state index contributed by atoms with van der Waals surface area (Å²) < 4.78 is 0. The second-order valence-corrected chi connectivity index (χ2v) is 5.89. The predicted octanol–water partition coefficient (Wildman–Crippen LogP) is 4.82. The van der Waals surface area contributed by atoms with E-state index in [1.807, 2.05) is 0 Å². The van der Waals surface area contributed by atoms with E-state index in [0.29, 0.717) is 0 Å². The normalized spacial score (nSPS) is 14.5. The molecule has 0 radical (unpaired) electrons. The molecule has 0 aromatic carbocycles. The van der Waals surface area contributed by atoms with Gasteiger partial charge in [0.15, 0.2) is 0 Å². The van der Waals surface area contributed by atoms with Crippen LogP contribution in [-0.2, 0) is 0 Å². The minimum atomic E-state index is -0.503. The van der Waals surface area contributed by atoms with Gasteiger partial charge in [-0.15, -0.1) is 0 Å². The van der Waals surface area contributed by atoms with Gasteiger partial charge in [0.1, 0.15) is 0 Å². The largest absolute Gasteiger partial charge is 0.390 e. The van der Waals surface area contributed by atoms with Crippen molar-refractivity contribution in [2.75, 3.05) is 0 Å². The van der Waals surface area contributed by atoms with Crippen LogP contribution in [0.1, 0.15) is 97.3 Å². The molecule has 0 fully saturated rings. The molecular formula is C17H36O2. The van der Waals surface area contributed by atoms with E-state index in [4.69, 9.17) is 0 Å². The quantitative estimate of drug-likeness (QED) is 0.445. The van der Waals surface area contributed by atoms with Crippen molar-refractivity contribution in [2.24, 2.45) is 0 Å². The van der Waals surface area contributed by atoms with Gasteiger partial charge in [-0.1, -0.05) is 84.5 Å². The molecule has 2 unspecified atom stereocenters. The van der Waals surface area contributed by atoms with E-state index < -0.39 is 12.2 Å². The molecule has 2 N–H and O–H groups in total. The minimum absolute atomic E-state index is 0.503. The molecule has 0 saturated carbocycles. The van der Waals surface area contributed by atoms with Crippen LogP contribution in [0.3, 0.4) is 0 Å². The number of aliphatic hydroxyl groups is 2. The van der Waals surface area contributed by atoms with Crippen molar-refractivity contribution in [3.05, 3.63) is 0 Å². The fourth-order valence-corrected chi connectivity index (χ4v) is 2.48. The number of aliphatic hydroxyl groups excluding tert-OH is 2. The van der Waals surface area contributed by atoms with E-state index in [9.17, 15) is 10.2 Å². The van der Waals surface area contributed by atoms with Gasteiger partial charge in [-0.25, -0.2) is 0 Å². The zero-order chi connectivity index (χ0) is 14.3. The van der Waals surface area contributed by atoms with E-state index in [0.717, 1.165) is 25.7 Å². The summed E-state index contributed by atoms with van der Waals surface area (Å²) in [4.78, 5) is 0. The van der Waals surface area contributed by atoms with Crippen molar-refractivity contribution in [2.45, 2.75) is 110 Å². The molecular weight excluding hydrogens is 236 g/mol. The summed E-state index contributed by atoms with van der Waals surface area (Å²) in [6.45, 7) is 4.42. The Balaban J connectivity index is 3.33. The van der Waals surface area contributed by atoms with Crippen LogP contribution in [-0.4, -0.2) is 22.4 Å². The third kappa shape index (κ3) is 12.7. The average molecular weight is 272 g/mol. The monoisotopic (exact) mass is 272 g/mol. The van der Waals surface area contributed by atoms with Crippen LogP contribution in [0.25, 0.3) is 0 Å². The van der Waals surface area contributed by atoms with Gasteiger partial charge in [-0.05, 0) is 12.8 Å². The summed E-state index contributed by atoms with van der Waals surface area (Å²) in [6, 6.07) is 0. The smallest absolute Gasteiger partial charge is 0.0799 e. The van der Waals surface area contributed by atoms with E-state index in [2.05, 4.69) is 13.8 Å². The highest BCUT2D eigenvalue weighted by Gasteiger charge is 2.14. The third-order valence-corrected chi connectivity index (χ3v) is 3.90. The lowest BCUT2D eigenvalue weighted by atomic mass is 10.00. The van der Waals surface area contributed by atoms with Gasteiger partial charge < -0.3 is 10.2 Å². The number of rotatable bonds is 14. The topological polar surface area (TPSA) is 40.5 Å². The number of hydrogen-bond donors (Lipinski definition) is 2. The Morgan fingerprint density at radius 2 is 0.842 bits per heavy atom. The summed E-state index contributed by atoms with van der Waals surface area (Å²) in [5.41, 5.74) is 0. The fraction of sp³-hybridized carbons (Fsp3) is 1.00. The molecule has 0 aliphatic carbocycles. The van der Waals surface area contributed by atoms with E-state index >= 15 is 0 Å². The highest BCUT2D eigenvalue weighted by atomic mass is 16.3. The second kappa shape index (κ2) is 14.3. The van der Waals surface area contributed by atoms with Crippen LogP contribution in [0.5, 0.6) is 0 Å². The first-order chi connectivity index (χ1) is 9.22. The highest BCUT2D eigenvalue weighted by molar-refractivity contribution is 4.67. The van der Waals surface area contributed by atoms with Crippen molar-refractivity contribution in [3.63, 3.8) is 0 Å². The summed E-state index contributed by atoms with van der Waals surface area (Å²) in [5.74, 6) is 0. The van der Waals surface area contributed by atoms with E-state index in [1.54, 1.807) is 0 Å². The zero-order valence-electron chi connectivity index (χ0n) is 13.2. The molecule has 0 aliphatic rings. The van der Waals surface area contributed by atoms with Crippen molar-refractivity contribution >= 4 is 0 Å². The minimum Gasteiger partial charge on any atom is -0.390 e. The Bertz CT molecular complexity index is 171. The lowest BCUT2D eigenvalue weighted by molar-refractivity contribution is 0.00713. The van der Waals surface area contributed by atoms with Crippen LogP contribution in [0.4, 0.5) is 0 Å². The predicted molar refractivity (Wildman–Crippen MR) is 83.4 cm³/mol. The Morgan fingerprint density at radius 3 is 1.26 bits per heavy atom. The van der Waals surface area contributed by atoms with Crippen LogP contribution in [0.15, 0.2) is 0 Å². The standard InChI is InChI=1S/C17H36O2/c1-3-5-7-9-10-11-13-15-17(19)16(18)14-12-8-6-4-2/h16-19H,3-15H2,1-2H3. The van der Waals surface area contributed by atoms with Gasteiger partial charge in [-0.2, -0.15) is 0 Å². The Labute approximate surface area is 120 Å². The van der Waals surface area contributed by atoms with Gasteiger partial charge in [0.25, 0.3) is 0 Å². The van der Waals surface area contributed by atoms with Gasteiger partial charge in [0, 0.05) is 0 Å². The SMILES string of the molecule is CCCCCCCCCC(O)C(O)CCCCCC. The van der Waals surface area contributed by atoms with Crippen LogP contribution in [0, 0.1) is 0 Å². The molecule has 116 valence electrons. The summed E-state index contributed by atoms with van der Waals surface area (Å²) in [5, 5.41) is 19.7. The number of hydrogen-bond acceptors (Lipinski definition) is 2. The molecule has 0 aromatic rings. The molecule has 2 heteroatoms. The summed E-state index contributed by atoms with van der Waals surface area (Å²) >= 11 is 0. The molecule has 0 saturated heterocycles. The molecule has 19 heavy (non-hydrogen) atoms. The molecule has 0 heterocycles. The molecule has 2 nitrogen and oxygen atoms in total. The van der Waals surface area contributed by atoms with Crippen molar-refractivity contribution in [1.29, 1.82) is 0 Å². The highest BCUT2D eigenvalue weighted by Crippen LogP contribution is 2.14. The molecule has 2 atom stereocenters. The molecule has 0 amide bonds. The lowest BCUT2D eigenvalue weighted by Crippen LogP contribution is -2.25. The zero-order valence-corrected chi connectivity index (χ0v) is 13.2. The van der Waals surface area contributed by atoms with Crippen molar-refractivity contribution in [1.82, 2.24) is 0 Å². The van der Waals surface area contributed by atoms with Crippen LogP contribution < -0.4 is 0 Å². The van der Waals surface area contributed by atoms with Gasteiger partial charge in [0.2, 0.25) is 0 Å². The van der Waals surface area contributed by atoms with E-state index in [1.165, 1.54) is 57.8 Å². The first kappa shape index (κ1) is 18.9. The second-order valence-electron chi connectivity index (χ2n) is 5.89.